The Morgan fingerprint density at radius 1 is 0.846 bits per heavy atom. The van der Waals surface area contributed by atoms with E-state index in [-0.39, 0.29) is 0 Å². The molecule has 0 saturated heterocycles. The zero-order valence-corrected chi connectivity index (χ0v) is 7.66. The van der Waals surface area contributed by atoms with E-state index in [1.165, 1.54) is 0 Å². The van der Waals surface area contributed by atoms with Crippen LogP contribution in [0, 0.1) is 0 Å². The molecule has 0 saturated carbocycles. The summed E-state index contributed by atoms with van der Waals surface area (Å²) in [6, 6.07) is 9.98. The van der Waals surface area contributed by atoms with Crippen LogP contribution in [0.3, 0.4) is 0 Å². The Labute approximate surface area is 82.1 Å². The monoisotopic (exact) mass is 187 g/mol. The van der Waals surface area contributed by atoms with Gasteiger partial charge in [-0.2, -0.15) is 0 Å². The van der Waals surface area contributed by atoms with Gasteiger partial charge in [0.05, 0.1) is 0 Å². The highest BCUT2D eigenvalue weighted by molar-refractivity contribution is 7.80. The second-order valence-corrected chi connectivity index (χ2v) is 2.99. The Balaban J connectivity index is 2.42. The van der Waals surface area contributed by atoms with Gasteiger partial charge in [0.2, 0.25) is 5.16 Å². The molecule has 1 heterocycles. The van der Waals surface area contributed by atoms with Crippen molar-refractivity contribution in [3.63, 3.8) is 0 Å². The molecule has 0 bridgehead atoms. The number of nitrogens with zero attached hydrogens (tertiary/aromatic N) is 2. The minimum atomic E-state index is 0.389. The van der Waals surface area contributed by atoms with Gasteiger partial charge in [-0.3, -0.25) is 0 Å². The largest absolute Gasteiger partial charge is 0.226 e. The first-order valence-corrected chi connectivity index (χ1v) is 4.31. The lowest BCUT2D eigenvalue weighted by molar-refractivity contribution is 0.977. The van der Waals surface area contributed by atoms with Crippen LogP contribution in [0.4, 0.5) is 0 Å². The van der Waals surface area contributed by atoms with E-state index in [0.29, 0.717) is 5.16 Å². The number of aromatic nitrogens is 2. The van der Waals surface area contributed by atoms with Crippen LogP contribution < -0.4 is 0 Å². The lowest BCUT2D eigenvalue weighted by Gasteiger charge is -1.98. The molecule has 3 heteroatoms. The summed E-state index contributed by atoms with van der Waals surface area (Å²) in [6.45, 7) is 0. The van der Waals surface area contributed by atoms with Crippen molar-refractivity contribution in [3.8, 4) is 11.1 Å². The first kappa shape index (κ1) is 8.13. The first-order chi connectivity index (χ1) is 6.36. The molecular formula is C10H7N2S. The Morgan fingerprint density at radius 2 is 1.46 bits per heavy atom. The lowest BCUT2D eigenvalue weighted by atomic mass is 10.1. The second-order valence-electron chi connectivity index (χ2n) is 2.62. The number of benzene rings is 1. The highest BCUT2D eigenvalue weighted by atomic mass is 32.1. The van der Waals surface area contributed by atoms with Crippen molar-refractivity contribution in [2.75, 3.05) is 0 Å². The summed E-state index contributed by atoms with van der Waals surface area (Å²) < 4.78 is 0. The number of hydrogen-bond acceptors (Lipinski definition) is 2. The Bertz CT molecular complexity index is 383. The molecule has 2 aromatic rings. The van der Waals surface area contributed by atoms with E-state index < -0.39 is 0 Å². The molecule has 13 heavy (non-hydrogen) atoms. The molecule has 0 N–H and O–H groups in total. The molecular weight excluding hydrogens is 180 g/mol. The van der Waals surface area contributed by atoms with Gasteiger partial charge in [0.1, 0.15) is 0 Å². The summed E-state index contributed by atoms with van der Waals surface area (Å²) in [4.78, 5) is 7.92. The highest BCUT2D eigenvalue weighted by Crippen LogP contribution is 2.16. The van der Waals surface area contributed by atoms with Gasteiger partial charge >= 0.3 is 0 Å². The lowest BCUT2D eigenvalue weighted by Crippen LogP contribution is -1.84. The quantitative estimate of drug-likeness (QED) is 0.641. The van der Waals surface area contributed by atoms with Gasteiger partial charge in [0, 0.05) is 18.0 Å². The molecule has 0 aliphatic heterocycles. The molecule has 0 spiro atoms. The van der Waals surface area contributed by atoms with Crippen molar-refractivity contribution < 1.29 is 0 Å². The molecule has 1 aromatic carbocycles. The van der Waals surface area contributed by atoms with Gasteiger partial charge < -0.3 is 0 Å². The van der Waals surface area contributed by atoms with E-state index in [9.17, 15) is 0 Å². The van der Waals surface area contributed by atoms with Crippen LogP contribution in [0.1, 0.15) is 0 Å². The summed E-state index contributed by atoms with van der Waals surface area (Å²) in [5.41, 5.74) is 2.10. The molecule has 2 rings (SSSR count). The van der Waals surface area contributed by atoms with Crippen molar-refractivity contribution in [2.24, 2.45) is 0 Å². The second kappa shape index (κ2) is 3.49. The number of rotatable bonds is 1. The third-order valence-corrected chi connectivity index (χ3v) is 1.95. The summed E-state index contributed by atoms with van der Waals surface area (Å²) in [5, 5.41) is 0.389. The van der Waals surface area contributed by atoms with Gasteiger partial charge in [-0.15, -0.1) is 0 Å². The average Bonchev–Trinajstić information content (AvgIpc) is 2.20. The third-order valence-electron chi connectivity index (χ3n) is 1.74. The van der Waals surface area contributed by atoms with Crippen LogP contribution in [0.2, 0.25) is 0 Å². The molecule has 0 fully saturated rings. The van der Waals surface area contributed by atoms with Gasteiger partial charge in [-0.05, 0) is 18.2 Å². The molecule has 2 nitrogen and oxygen atoms in total. The predicted octanol–water partition coefficient (Wildman–Crippen LogP) is 2.70. The summed E-state index contributed by atoms with van der Waals surface area (Å²) in [5.74, 6) is 0. The van der Waals surface area contributed by atoms with E-state index in [1.807, 2.05) is 30.3 Å². The fourth-order valence-corrected chi connectivity index (χ4v) is 1.20. The normalized spacial score (nSPS) is 9.85. The van der Waals surface area contributed by atoms with Crippen molar-refractivity contribution >= 4 is 12.6 Å². The van der Waals surface area contributed by atoms with Gasteiger partial charge in [-0.25, -0.2) is 9.97 Å². The molecule has 63 valence electrons. The maximum Gasteiger partial charge on any atom is 0.219 e. The smallest absolute Gasteiger partial charge is 0.219 e. The van der Waals surface area contributed by atoms with Crippen LogP contribution in [0.25, 0.3) is 11.1 Å². The van der Waals surface area contributed by atoms with Crippen molar-refractivity contribution in [1.82, 2.24) is 9.97 Å². The number of hydrogen-bond donors (Lipinski definition) is 0. The van der Waals surface area contributed by atoms with Gasteiger partial charge in [0.15, 0.2) is 0 Å². The molecule has 0 amide bonds. The van der Waals surface area contributed by atoms with Crippen molar-refractivity contribution in [2.45, 2.75) is 5.16 Å². The molecule has 1 aromatic heterocycles. The van der Waals surface area contributed by atoms with E-state index >= 15 is 0 Å². The van der Waals surface area contributed by atoms with E-state index in [1.54, 1.807) is 12.4 Å². The Kier molecular flexibility index (Phi) is 2.19. The van der Waals surface area contributed by atoms with Crippen LogP contribution in [0.5, 0.6) is 0 Å². The standard InChI is InChI=1S/C10H7N2S/c13-10-11-6-9(7-12-10)8-4-2-1-3-5-8/h1-7H. The average molecular weight is 187 g/mol. The van der Waals surface area contributed by atoms with Crippen LogP contribution in [-0.4, -0.2) is 9.97 Å². The maximum absolute atomic E-state index is 4.80. The Morgan fingerprint density at radius 3 is 2.08 bits per heavy atom. The molecule has 0 aliphatic carbocycles. The third kappa shape index (κ3) is 1.81. The first-order valence-electron chi connectivity index (χ1n) is 3.91. The zero-order chi connectivity index (χ0) is 9.10. The van der Waals surface area contributed by atoms with Crippen molar-refractivity contribution in [3.05, 3.63) is 42.7 Å². The van der Waals surface area contributed by atoms with Crippen LogP contribution in [0.15, 0.2) is 47.9 Å². The predicted molar refractivity (Wildman–Crippen MR) is 53.3 cm³/mol. The molecule has 0 aliphatic rings. The zero-order valence-electron chi connectivity index (χ0n) is 6.84. The van der Waals surface area contributed by atoms with E-state index in [2.05, 4.69) is 9.97 Å². The van der Waals surface area contributed by atoms with Crippen LogP contribution in [-0.2, 0) is 0 Å². The minimum Gasteiger partial charge on any atom is -0.226 e. The summed E-state index contributed by atoms with van der Waals surface area (Å²) in [7, 11) is 0. The van der Waals surface area contributed by atoms with E-state index in [0.717, 1.165) is 11.1 Å². The fourth-order valence-electron chi connectivity index (χ4n) is 1.10. The minimum absolute atomic E-state index is 0.389. The molecule has 1 radical (unpaired) electrons. The Hall–Kier alpha value is -1.48. The fraction of sp³-hybridized carbons (Fsp3) is 0. The topological polar surface area (TPSA) is 25.8 Å². The van der Waals surface area contributed by atoms with Crippen molar-refractivity contribution in [1.29, 1.82) is 0 Å². The molecule has 0 atom stereocenters. The van der Waals surface area contributed by atoms with Gasteiger partial charge in [-0.1, -0.05) is 30.3 Å². The van der Waals surface area contributed by atoms with Crippen LogP contribution >= 0.6 is 12.6 Å². The summed E-state index contributed by atoms with van der Waals surface area (Å²) in [6.07, 6.45) is 3.48. The maximum atomic E-state index is 4.80. The summed E-state index contributed by atoms with van der Waals surface area (Å²) >= 11 is 4.80. The highest BCUT2D eigenvalue weighted by Gasteiger charge is 1.96. The van der Waals surface area contributed by atoms with Gasteiger partial charge in [0.25, 0.3) is 0 Å². The van der Waals surface area contributed by atoms with E-state index in [4.69, 9.17) is 12.6 Å². The SMILES string of the molecule is [S]c1ncc(-c2ccccc2)cn1. The molecule has 0 unspecified atom stereocenters.